The molecule has 3 aromatic rings. The topological polar surface area (TPSA) is 140 Å². The smallest absolute Gasteiger partial charge is 0.412 e. The molecular weight excluding hydrogens is 500 g/mol. The first-order chi connectivity index (χ1) is 17.6. The molecule has 0 saturated carbocycles. The number of nitrogens with zero attached hydrogens (tertiary/aromatic N) is 3. The summed E-state index contributed by atoms with van der Waals surface area (Å²) in [4.78, 5) is 27.7. The number of sulfonamides is 1. The van der Waals surface area contributed by atoms with E-state index in [2.05, 4.69) is 15.0 Å². The minimum Gasteiger partial charge on any atom is -0.491 e. The van der Waals surface area contributed by atoms with Gasteiger partial charge in [-0.2, -0.15) is 4.31 Å². The second-order valence-electron chi connectivity index (χ2n) is 9.11. The summed E-state index contributed by atoms with van der Waals surface area (Å²) < 4.78 is 39.6. The van der Waals surface area contributed by atoms with E-state index >= 15 is 0 Å². The number of fused-ring (bicyclic) bond motifs is 1. The van der Waals surface area contributed by atoms with Gasteiger partial charge >= 0.3 is 12.1 Å². The van der Waals surface area contributed by atoms with Gasteiger partial charge in [-0.3, -0.25) is 10.1 Å². The summed E-state index contributed by atoms with van der Waals surface area (Å²) in [5.74, 6) is -0.153. The highest BCUT2D eigenvalue weighted by Crippen LogP contribution is 2.36. The lowest BCUT2D eigenvalue weighted by Gasteiger charge is -2.31. The lowest BCUT2D eigenvalue weighted by atomic mass is 9.90. The molecule has 1 fully saturated rings. The third-order valence-corrected chi connectivity index (χ3v) is 8.11. The molecule has 3 heterocycles. The molecule has 0 aliphatic carbocycles. The number of carboxylic acids is 1. The lowest BCUT2D eigenvalue weighted by molar-refractivity contribution is -0.137. The molecule has 12 heteroatoms. The number of piperidine rings is 1. The Balaban J connectivity index is 1.53. The van der Waals surface area contributed by atoms with Crippen LogP contribution in [0.15, 0.2) is 47.5 Å². The Kier molecular flexibility index (Phi) is 7.69. The van der Waals surface area contributed by atoms with Crippen molar-refractivity contribution in [2.45, 2.75) is 50.2 Å². The number of amides is 1. The largest absolute Gasteiger partial charge is 0.491 e. The van der Waals surface area contributed by atoms with Crippen LogP contribution in [0.4, 0.5) is 10.6 Å². The highest BCUT2D eigenvalue weighted by atomic mass is 32.2. The second kappa shape index (κ2) is 10.8. The van der Waals surface area contributed by atoms with E-state index in [4.69, 9.17) is 4.74 Å². The Morgan fingerprint density at radius 1 is 1.14 bits per heavy atom. The molecule has 4 rings (SSSR count). The lowest BCUT2D eigenvalue weighted by Crippen LogP contribution is -2.37. The molecule has 198 valence electrons. The maximum Gasteiger partial charge on any atom is 0.412 e. The molecule has 1 saturated heterocycles. The van der Waals surface area contributed by atoms with Crippen LogP contribution in [0.1, 0.15) is 38.2 Å². The van der Waals surface area contributed by atoms with E-state index in [0.29, 0.717) is 37.3 Å². The highest BCUT2D eigenvalue weighted by molar-refractivity contribution is 7.89. The fourth-order valence-corrected chi connectivity index (χ4v) is 6.00. The van der Waals surface area contributed by atoms with Crippen LogP contribution in [0, 0.1) is 0 Å². The molecule has 2 N–H and O–H groups in total. The van der Waals surface area contributed by atoms with Gasteiger partial charge in [-0.05, 0) is 74.6 Å². The molecule has 0 radical (unpaired) electrons. The fourth-order valence-electron chi connectivity index (χ4n) is 4.53. The summed E-state index contributed by atoms with van der Waals surface area (Å²) in [6, 6.07) is 9.85. The summed E-state index contributed by atoms with van der Waals surface area (Å²) >= 11 is 0. The molecule has 1 aliphatic heterocycles. The summed E-state index contributed by atoms with van der Waals surface area (Å²) in [7, 11) is -2.42. The van der Waals surface area contributed by atoms with Gasteiger partial charge in [0, 0.05) is 24.7 Å². The molecule has 1 amide bonds. The van der Waals surface area contributed by atoms with Crippen LogP contribution in [-0.2, 0) is 26.1 Å². The number of rotatable bonds is 8. The first-order valence-corrected chi connectivity index (χ1v) is 13.4. The molecule has 0 unspecified atom stereocenters. The van der Waals surface area contributed by atoms with Crippen LogP contribution in [0.25, 0.3) is 11.0 Å². The van der Waals surface area contributed by atoms with Crippen LogP contribution in [0.2, 0.25) is 0 Å². The number of carboxylic acid groups (broad SMARTS) is 1. The first-order valence-electron chi connectivity index (χ1n) is 11.9. The average molecular weight is 531 g/mol. The Hall–Kier alpha value is -3.64. The van der Waals surface area contributed by atoms with Gasteiger partial charge in [-0.25, -0.2) is 18.2 Å². The Morgan fingerprint density at radius 3 is 2.41 bits per heavy atom. The van der Waals surface area contributed by atoms with Crippen LogP contribution in [0.5, 0.6) is 5.75 Å². The quantitative estimate of drug-likeness (QED) is 0.450. The van der Waals surface area contributed by atoms with E-state index in [-0.39, 0.29) is 29.3 Å². The number of hydrogen-bond donors (Lipinski definition) is 2. The average Bonchev–Trinajstić information content (AvgIpc) is 3.21. The van der Waals surface area contributed by atoms with Crippen LogP contribution in [-0.4, -0.2) is 65.7 Å². The van der Waals surface area contributed by atoms with Crippen molar-refractivity contribution in [3.8, 4) is 5.75 Å². The SMILES string of the molecule is COC(=O)Nc1ccc2c(C3CCN(S(=O)(=O)c4ccc(OC(C)C)cc4)CC3)cn(CC(=O)O)c2n1. The molecule has 1 aliphatic rings. The predicted molar refractivity (Wildman–Crippen MR) is 136 cm³/mol. The van der Waals surface area contributed by atoms with Crippen molar-refractivity contribution in [3.63, 3.8) is 0 Å². The second-order valence-corrected chi connectivity index (χ2v) is 11.0. The van der Waals surface area contributed by atoms with Crippen molar-refractivity contribution >= 4 is 38.9 Å². The minimum absolute atomic E-state index is 0.00571. The zero-order valence-corrected chi connectivity index (χ0v) is 21.7. The molecule has 11 nitrogen and oxygen atoms in total. The number of aromatic nitrogens is 2. The van der Waals surface area contributed by atoms with Crippen molar-refractivity contribution in [1.29, 1.82) is 0 Å². The van der Waals surface area contributed by atoms with Crippen molar-refractivity contribution in [2.24, 2.45) is 0 Å². The zero-order chi connectivity index (χ0) is 26.7. The highest BCUT2D eigenvalue weighted by Gasteiger charge is 2.31. The molecule has 0 spiro atoms. The third kappa shape index (κ3) is 5.86. The maximum absolute atomic E-state index is 13.2. The number of methoxy groups -OCH3 is 1. The summed E-state index contributed by atoms with van der Waals surface area (Å²) in [6.07, 6.45) is 2.22. The zero-order valence-electron chi connectivity index (χ0n) is 20.9. The normalized spacial score (nSPS) is 15.1. The molecular formula is C25H30N4O7S. The Bertz CT molecular complexity index is 1390. The fraction of sp³-hybridized carbons (Fsp3) is 0.400. The van der Waals surface area contributed by atoms with Crippen molar-refractivity contribution in [2.75, 3.05) is 25.5 Å². The Morgan fingerprint density at radius 2 is 1.81 bits per heavy atom. The van der Waals surface area contributed by atoms with Crippen LogP contribution < -0.4 is 10.1 Å². The predicted octanol–water partition coefficient (Wildman–Crippen LogP) is 3.65. The number of pyridine rings is 1. The molecule has 0 atom stereocenters. The van der Waals surface area contributed by atoms with E-state index in [1.165, 1.54) is 16.0 Å². The van der Waals surface area contributed by atoms with Crippen molar-refractivity contribution in [3.05, 3.63) is 48.2 Å². The number of aliphatic carboxylic acids is 1. The van der Waals surface area contributed by atoms with Crippen LogP contribution in [0.3, 0.4) is 0 Å². The van der Waals surface area contributed by atoms with Gasteiger partial charge in [0.25, 0.3) is 0 Å². The molecule has 37 heavy (non-hydrogen) atoms. The van der Waals surface area contributed by atoms with E-state index in [1.54, 1.807) is 42.6 Å². The van der Waals surface area contributed by atoms with Gasteiger partial charge < -0.3 is 19.1 Å². The number of nitrogens with one attached hydrogen (secondary N) is 1. The number of carbonyl (C=O) groups excluding carboxylic acids is 1. The van der Waals surface area contributed by atoms with Gasteiger partial charge in [0.2, 0.25) is 10.0 Å². The maximum atomic E-state index is 13.2. The van der Waals surface area contributed by atoms with E-state index in [0.717, 1.165) is 10.9 Å². The van der Waals surface area contributed by atoms with Gasteiger partial charge in [-0.1, -0.05) is 0 Å². The van der Waals surface area contributed by atoms with Crippen molar-refractivity contribution in [1.82, 2.24) is 13.9 Å². The third-order valence-electron chi connectivity index (χ3n) is 6.20. The van der Waals surface area contributed by atoms with Gasteiger partial charge in [0.15, 0.2) is 0 Å². The van der Waals surface area contributed by atoms with Gasteiger partial charge in [0.1, 0.15) is 23.8 Å². The minimum atomic E-state index is -3.66. The van der Waals surface area contributed by atoms with Gasteiger partial charge in [-0.15, -0.1) is 0 Å². The first kappa shape index (κ1) is 26.4. The van der Waals surface area contributed by atoms with Crippen molar-refractivity contribution < 1.29 is 32.6 Å². The number of anilines is 1. The molecule has 2 aromatic heterocycles. The van der Waals surface area contributed by atoms with Gasteiger partial charge in [0.05, 0.1) is 18.1 Å². The number of hydrogen-bond acceptors (Lipinski definition) is 7. The number of carbonyl (C=O) groups is 2. The van der Waals surface area contributed by atoms with E-state index in [9.17, 15) is 23.1 Å². The monoisotopic (exact) mass is 530 g/mol. The standard InChI is InChI=1S/C25H30N4O7S/c1-16(2)36-18-4-6-19(7-5-18)37(33,34)29-12-10-17(11-13-29)21-14-28(15-23(30)31)24-20(21)8-9-22(26-24)27-25(32)35-3/h4-9,14,16-17H,10-13,15H2,1-3H3,(H,30,31)(H,26,27,32). The van der Waals surface area contributed by atoms with Crippen LogP contribution >= 0.6 is 0 Å². The summed E-state index contributed by atoms with van der Waals surface area (Å²) in [5, 5.41) is 12.6. The summed E-state index contributed by atoms with van der Waals surface area (Å²) in [6.45, 7) is 4.18. The number of benzene rings is 1. The van der Waals surface area contributed by atoms with E-state index in [1.807, 2.05) is 13.8 Å². The van der Waals surface area contributed by atoms with E-state index < -0.39 is 22.1 Å². The number of ether oxygens (including phenoxy) is 2. The summed E-state index contributed by atoms with van der Waals surface area (Å²) in [5.41, 5.74) is 1.32. The molecule has 0 bridgehead atoms. The molecule has 1 aromatic carbocycles. The Labute approximate surface area is 215 Å².